The van der Waals surface area contributed by atoms with Gasteiger partial charge in [-0.2, -0.15) is 10.2 Å². The zero-order valence-electron chi connectivity index (χ0n) is 35.3. The molecule has 0 aliphatic carbocycles. The van der Waals surface area contributed by atoms with Crippen molar-refractivity contribution in [2.24, 2.45) is 14.1 Å². The smallest absolute Gasteiger partial charge is 0.341 e. The Bertz CT molecular complexity index is 3740. The van der Waals surface area contributed by atoms with Gasteiger partial charge in [-0.15, -0.1) is 0 Å². The number of carboxylic acid groups (broad SMARTS) is 1. The van der Waals surface area contributed by atoms with Crippen LogP contribution in [0.2, 0.25) is 0 Å². The van der Waals surface area contributed by atoms with E-state index in [0.29, 0.717) is 33.3 Å². The number of fused-ring (bicyclic) bond motifs is 4. The third kappa shape index (κ3) is 8.00. The van der Waals surface area contributed by atoms with Crippen molar-refractivity contribution in [1.82, 2.24) is 48.6 Å². The summed E-state index contributed by atoms with van der Waals surface area (Å²) in [7, 11) is 4.71. The lowest BCUT2D eigenvalue weighted by Gasteiger charge is -2.13. The lowest BCUT2D eigenvalue weighted by Crippen LogP contribution is -2.24. The van der Waals surface area contributed by atoms with E-state index in [2.05, 4.69) is 30.1 Å². The Morgan fingerprint density at radius 3 is 1.45 bits per heavy atom. The maximum atomic E-state index is 15.2. The van der Waals surface area contributed by atoms with Crippen molar-refractivity contribution in [3.63, 3.8) is 0 Å². The molecule has 0 aliphatic heterocycles. The number of methoxy groups -OCH3 is 1. The number of halogens is 4. The summed E-state index contributed by atoms with van der Waals surface area (Å²) in [6.07, 6.45) is 10.5. The number of ether oxygens (including phenoxy) is 1. The van der Waals surface area contributed by atoms with E-state index in [1.807, 2.05) is 6.07 Å². The first-order valence-corrected chi connectivity index (χ1v) is 20.0. The zero-order chi connectivity index (χ0) is 47.3. The highest BCUT2D eigenvalue weighted by molar-refractivity contribution is 6.02. The van der Waals surface area contributed by atoms with E-state index in [9.17, 15) is 24.3 Å². The van der Waals surface area contributed by atoms with Crippen LogP contribution >= 0.6 is 0 Å². The van der Waals surface area contributed by atoms with Gasteiger partial charge in [0.1, 0.15) is 47.1 Å². The second kappa shape index (κ2) is 17.2. The molecule has 6 aromatic heterocycles. The molecule has 0 fully saturated rings. The summed E-state index contributed by atoms with van der Waals surface area (Å²) in [5.74, 6) is -5.44. The number of aromatic carboxylic acids is 1. The molecular weight excluding hydrogens is 877 g/mol. The lowest BCUT2D eigenvalue weighted by atomic mass is 9.99. The Labute approximate surface area is 373 Å². The molecule has 0 saturated heterocycles. The SMILES string of the molecule is COC(=O)c1cn(Cc2c(F)cc(-c3cccc4nn(C)cc34)cc2F)c(=O)c2cncnc12.Cn1cc2c(-c3cc(F)c(Cn4cc(C(=O)O)c5ncncc5c4=O)c(F)c3)cccc2n1. The molecule has 1 N–H and O–H groups in total. The number of aryl methyl sites for hydroxylation is 2. The van der Waals surface area contributed by atoms with Crippen LogP contribution < -0.4 is 11.1 Å². The number of hydrogen-bond acceptors (Lipinski definition) is 11. The number of nitrogens with zero attached hydrogens (tertiary/aromatic N) is 10. The van der Waals surface area contributed by atoms with Crippen LogP contribution in [0, 0.1) is 23.3 Å². The van der Waals surface area contributed by atoms with Crippen LogP contribution in [0.4, 0.5) is 17.6 Å². The molecule has 6 heterocycles. The van der Waals surface area contributed by atoms with Crippen LogP contribution in [-0.4, -0.2) is 72.8 Å². The van der Waals surface area contributed by atoms with Crippen molar-refractivity contribution in [3.05, 3.63) is 177 Å². The van der Waals surface area contributed by atoms with E-state index < -0.39 is 59.4 Å². The second-order valence-corrected chi connectivity index (χ2v) is 15.2. The van der Waals surface area contributed by atoms with Gasteiger partial charge in [-0.3, -0.25) is 19.0 Å². The first kappa shape index (κ1) is 43.3. The van der Waals surface area contributed by atoms with Crippen molar-refractivity contribution < 1.29 is 37.0 Å². The fourth-order valence-electron chi connectivity index (χ4n) is 7.90. The normalized spacial score (nSPS) is 11.3. The molecule has 0 bridgehead atoms. The van der Waals surface area contributed by atoms with Gasteiger partial charge in [-0.05, 0) is 58.7 Å². The zero-order valence-corrected chi connectivity index (χ0v) is 35.3. The third-order valence-electron chi connectivity index (χ3n) is 11.0. The van der Waals surface area contributed by atoms with Gasteiger partial charge in [0, 0.05) is 73.2 Å². The Hall–Kier alpha value is -8.94. The molecule has 0 atom stereocenters. The van der Waals surface area contributed by atoms with Crippen molar-refractivity contribution in [2.75, 3.05) is 7.11 Å². The number of esters is 1. The number of aromatic nitrogens is 10. The first-order chi connectivity index (χ1) is 32.2. The van der Waals surface area contributed by atoms with Gasteiger partial charge >= 0.3 is 11.9 Å². The van der Waals surface area contributed by atoms with Crippen LogP contribution in [0.5, 0.6) is 0 Å². The lowest BCUT2D eigenvalue weighted by molar-refractivity contribution is 0.0600. The molecule has 334 valence electrons. The predicted molar refractivity (Wildman–Crippen MR) is 236 cm³/mol. The highest BCUT2D eigenvalue weighted by atomic mass is 19.1. The molecule has 0 unspecified atom stereocenters. The molecule has 0 saturated carbocycles. The van der Waals surface area contributed by atoms with E-state index in [1.165, 1.54) is 56.3 Å². The monoisotopic (exact) mass is 908 g/mol. The van der Waals surface area contributed by atoms with Crippen LogP contribution in [0.1, 0.15) is 31.8 Å². The average Bonchev–Trinajstić information content (AvgIpc) is 3.90. The molecule has 0 amide bonds. The summed E-state index contributed by atoms with van der Waals surface area (Å²) in [6, 6.07) is 15.4. The molecule has 0 spiro atoms. The maximum absolute atomic E-state index is 15.2. The van der Waals surface area contributed by atoms with E-state index in [1.54, 1.807) is 66.2 Å². The number of benzene rings is 4. The standard InChI is InChI=1S/C24H17F2N5O3.C23H15F2N5O3/c1-30-9-16-14(4-3-5-21(16)29-30)13-6-19(25)17(20(26)7-13)10-31-11-18(24(33)34-2)22-15(23(31)32)8-27-12-28-22;1-29-8-15-13(3-2-4-20(15)28-29)12-5-18(24)16(19(25)6-12)9-30-10-17(23(32)33)21-14(22(30)31)7-26-11-27-21/h3-9,11-12H,10H2,1-2H3;2-8,10-11H,9H2,1H3,(H,32,33). The molecule has 67 heavy (non-hydrogen) atoms. The van der Waals surface area contributed by atoms with Gasteiger partial charge in [0.05, 0.1) is 53.0 Å². The summed E-state index contributed by atoms with van der Waals surface area (Å²) in [6.45, 7) is -0.943. The largest absolute Gasteiger partial charge is 0.478 e. The van der Waals surface area contributed by atoms with Gasteiger partial charge in [0.25, 0.3) is 11.1 Å². The highest BCUT2D eigenvalue weighted by Gasteiger charge is 2.22. The molecular formula is C47H32F4N10O6. The molecule has 0 radical (unpaired) electrons. The van der Waals surface area contributed by atoms with Crippen molar-refractivity contribution in [1.29, 1.82) is 0 Å². The van der Waals surface area contributed by atoms with Crippen molar-refractivity contribution in [2.45, 2.75) is 13.1 Å². The van der Waals surface area contributed by atoms with Gasteiger partial charge in [-0.25, -0.2) is 47.1 Å². The Morgan fingerprint density at radius 1 is 0.612 bits per heavy atom. The van der Waals surface area contributed by atoms with Crippen LogP contribution in [-0.2, 0) is 31.9 Å². The summed E-state index contributed by atoms with van der Waals surface area (Å²) >= 11 is 0. The Kier molecular flexibility index (Phi) is 11.1. The number of carbonyl (C=O) groups excluding carboxylic acids is 1. The first-order valence-electron chi connectivity index (χ1n) is 20.0. The van der Waals surface area contributed by atoms with Gasteiger partial charge < -0.3 is 19.0 Å². The topological polar surface area (TPSA) is 195 Å². The van der Waals surface area contributed by atoms with Gasteiger partial charge in [-0.1, -0.05) is 24.3 Å². The molecule has 4 aromatic carbocycles. The van der Waals surface area contributed by atoms with Crippen LogP contribution in [0.3, 0.4) is 0 Å². The minimum absolute atomic E-state index is 0.0137. The van der Waals surface area contributed by atoms with E-state index in [0.717, 1.165) is 32.4 Å². The van der Waals surface area contributed by atoms with Crippen molar-refractivity contribution in [3.8, 4) is 22.3 Å². The fraction of sp³-hybridized carbons (Fsp3) is 0.106. The second-order valence-electron chi connectivity index (χ2n) is 15.2. The minimum Gasteiger partial charge on any atom is -0.478 e. The fourth-order valence-corrected chi connectivity index (χ4v) is 7.90. The van der Waals surface area contributed by atoms with E-state index >= 15 is 17.6 Å². The van der Waals surface area contributed by atoms with Crippen LogP contribution in [0.25, 0.3) is 65.9 Å². The predicted octanol–water partition coefficient (Wildman–Crippen LogP) is 6.83. The van der Waals surface area contributed by atoms with Crippen molar-refractivity contribution >= 4 is 55.6 Å². The number of rotatable bonds is 8. The quantitative estimate of drug-likeness (QED) is 0.124. The molecule has 10 rings (SSSR count). The minimum atomic E-state index is -1.33. The summed E-state index contributed by atoms with van der Waals surface area (Å²) in [5.41, 5.74) is 1.12. The Balaban J connectivity index is 0.000000168. The van der Waals surface area contributed by atoms with Gasteiger partial charge in [0.2, 0.25) is 0 Å². The summed E-state index contributed by atoms with van der Waals surface area (Å²) < 4.78 is 70.5. The number of hydrogen-bond donors (Lipinski definition) is 1. The van der Waals surface area contributed by atoms with E-state index in [4.69, 9.17) is 4.74 Å². The maximum Gasteiger partial charge on any atom is 0.341 e. The highest BCUT2D eigenvalue weighted by Crippen LogP contribution is 2.32. The molecule has 10 aromatic rings. The number of pyridine rings is 2. The third-order valence-corrected chi connectivity index (χ3v) is 11.0. The van der Waals surface area contributed by atoms with E-state index in [-0.39, 0.29) is 44.1 Å². The number of carboxylic acids is 1. The average molecular weight is 909 g/mol. The van der Waals surface area contributed by atoms with Crippen LogP contribution in [0.15, 0.2) is 120 Å². The Morgan fingerprint density at radius 2 is 1.03 bits per heavy atom. The molecule has 0 aliphatic rings. The van der Waals surface area contributed by atoms with Gasteiger partial charge in [0.15, 0.2) is 0 Å². The summed E-state index contributed by atoms with van der Waals surface area (Å²) in [4.78, 5) is 65.0. The number of carbonyl (C=O) groups is 2. The summed E-state index contributed by atoms with van der Waals surface area (Å²) in [5, 5.41) is 19.6. The molecule has 16 nitrogen and oxygen atoms in total. The molecule has 20 heteroatoms.